The van der Waals surface area contributed by atoms with Crippen molar-refractivity contribution in [3.63, 3.8) is 0 Å². The molecule has 108 valence electrons. The third-order valence-electron chi connectivity index (χ3n) is 4.77. The number of nitrogens with zero attached hydrogens (tertiary/aromatic N) is 1. The summed E-state index contributed by atoms with van der Waals surface area (Å²) in [5.41, 5.74) is 4.42. The lowest BCUT2D eigenvalue weighted by atomic mass is 9.70. The van der Waals surface area contributed by atoms with E-state index in [4.69, 9.17) is 10.3 Å². The highest BCUT2D eigenvalue weighted by Gasteiger charge is 2.43. The molecular weight excluding hydrogens is 238 g/mol. The molecule has 3 atom stereocenters. The smallest absolute Gasteiger partial charge is 0.0935 e. The van der Waals surface area contributed by atoms with Gasteiger partial charge in [-0.2, -0.15) is 0 Å². The summed E-state index contributed by atoms with van der Waals surface area (Å²) in [7, 11) is 4.36. The van der Waals surface area contributed by atoms with Crippen molar-refractivity contribution in [1.82, 2.24) is 10.3 Å². The standard InChI is InChI=1S/C15H27N3O/c1-12-5-4-7-15(10-12,18(2)3)14(17-16)9-13-6-8-19-11-13/h6,8,11-12,14,17H,4-5,7,9-10,16H2,1-3H3. The number of furan rings is 1. The molecule has 0 amide bonds. The number of hydrogen-bond donors (Lipinski definition) is 2. The van der Waals surface area contributed by atoms with Crippen LogP contribution in [0, 0.1) is 5.92 Å². The molecule has 0 spiro atoms. The fourth-order valence-corrected chi connectivity index (χ4v) is 3.65. The van der Waals surface area contributed by atoms with Crippen LogP contribution in [0.1, 0.15) is 38.2 Å². The fourth-order valence-electron chi connectivity index (χ4n) is 3.65. The fraction of sp³-hybridized carbons (Fsp3) is 0.733. The Hall–Kier alpha value is -0.840. The molecule has 0 bridgehead atoms. The first kappa shape index (κ1) is 14.6. The van der Waals surface area contributed by atoms with Gasteiger partial charge in [0.05, 0.1) is 12.5 Å². The van der Waals surface area contributed by atoms with E-state index in [2.05, 4.69) is 31.3 Å². The zero-order valence-corrected chi connectivity index (χ0v) is 12.4. The Labute approximate surface area is 116 Å². The van der Waals surface area contributed by atoms with Crippen molar-refractivity contribution in [2.75, 3.05) is 14.1 Å². The van der Waals surface area contributed by atoms with Crippen molar-refractivity contribution in [2.24, 2.45) is 11.8 Å². The summed E-state index contributed by atoms with van der Waals surface area (Å²) in [6, 6.07) is 2.28. The van der Waals surface area contributed by atoms with Gasteiger partial charge < -0.3 is 9.32 Å². The van der Waals surface area contributed by atoms with Crippen LogP contribution in [0.25, 0.3) is 0 Å². The first-order valence-electron chi connectivity index (χ1n) is 7.23. The largest absolute Gasteiger partial charge is 0.472 e. The molecule has 0 aromatic carbocycles. The minimum Gasteiger partial charge on any atom is -0.472 e. The molecular formula is C15H27N3O. The van der Waals surface area contributed by atoms with Crippen LogP contribution in [0.15, 0.2) is 23.0 Å². The molecule has 2 rings (SSSR count). The Kier molecular flexibility index (Phi) is 4.66. The summed E-state index contributed by atoms with van der Waals surface area (Å²) in [4.78, 5) is 2.37. The topological polar surface area (TPSA) is 54.4 Å². The molecule has 1 aromatic rings. The second-order valence-electron chi connectivity index (χ2n) is 6.25. The predicted octanol–water partition coefficient (Wildman–Crippen LogP) is 2.16. The molecule has 3 unspecified atom stereocenters. The van der Waals surface area contributed by atoms with Crippen LogP contribution in [-0.2, 0) is 6.42 Å². The van der Waals surface area contributed by atoms with Gasteiger partial charge >= 0.3 is 0 Å². The lowest BCUT2D eigenvalue weighted by Crippen LogP contribution is -2.63. The molecule has 1 fully saturated rings. The van der Waals surface area contributed by atoms with Crippen molar-refractivity contribution in [3.05, 3.63) is 24.2 Å². The molecule has 1 saturated carbocycles. The van der Waals surface area contributed by atoms with Crippen LogP contribution in [-0.4, -0.2) is 30.6 Å². The molecule has 1 heterocycles. The second-order valence-corrected chi connectivity index (χ2v) is 6.25. The highest BCUT2D eigenvalue weighted by Crippen LogP contribution is 2.38. The van der Waals surface area contributed by atoms with Crippen LogP contribution in [0.5, 0.6) is 0 Å². The predicted molar refractivity (Wildman–Crippen MR) is 77.6 cm³/mol. The van der Waals surface area contributed by atoms with Crippen molar-refractivity contribution in [2.45, 2.75) is 50.6 Å². The average Bonchev–Trinajstić information content (AvgIpc) is 2.88. The summed E-state index contributed by atoms with van der Waals surface area (Å²) >= 11 is 0. The van der Waals surface area contributed by atoms with Crippen molar-refractivity contribution >= 4 is 0 Å². The van der Waals surface area contributed by atoms with Gasteiger partial charge in [-0.05, 0) is 50.9 Å². The van der Waals surface area contributed by atoms with E-state index in [9.17, 15) is 0 Å². The minimum atomic E-state index is 0.143. The first-order chi connectivity index (χ1) is 9.08. The van der Waals surface area contributed by atoms with Gasteiger partial charge in [-0.1, -0.05) is 19.8 Å². The van der Waals surface area contributed by atoms with E-state index in [0.29, 0.717) is 0 Å². The van der Waals surface area contributed by atoms with Gasteiger partial charge in [0.1, 0.15) is 0 Å². The SMILES string of the molecule is CC1CCCC(C(Cc2ccoc2)NN)(N(C)C)C1. The summed E-state index contributed by atoms with van der Waals surface area (Å²) in [6.45, 7) is 2.35. The maximum atomic E-state index is 5.88. The highest BCUT2D eigenvalue weighted by atomic mass is 16.3. The van der Waals surface area contributed by atoms with E-state index < -0.39 is 0 Å². The summed E-state index contributed by atoms with van der Waals surface area (Å²) in [5.74, 6) is 6.64. The lowest BCUT2D eigenvalue weighted by Gasteiger charge is -2.50. The molecule has 19 heavy (non-hydrogen) atoms. The van der Waals surface area contributed by atoms with Gasteiger partial charge in [-0.15, -0.1) is 0 Å². The van der Waals surface area contributed by atoms with Gasteiger partial charge in [0.2, 0.25) is 0 Å². The quantitative estimate of drug-likeness (QED) is 0.633. The van der Waals surface area contributed by atoms with E-state index in [1.165, 1.54) is 31.2 Å². The van der Waals surface area contributed by atoms with E-state index in [-0.39, 0.29) is 11.6 Å². The van der Waals surface area contributed by atoms with E-state index in [1.807, 2.05) is 12.3 Å². The van der Waals surface area contributed by atoms with E-state index in [0.717, 1.165) is 12.3 Å². The van der Waals surface area contributed by atoms with Crippen molar-refractivity contribution in [1.29, 1.82) is 0 Å². The third-order valence-corrected chi connectivity index (χ3v) is 4.77. The van der Waals surface area contributed by atoms with Crippen LogP contribution in [0.3, 0.4) is 0 Å². The maximum absolute atomic E-state index is 5.88. The van der Waals surface area contributed by atoms with Crippen molar-refractivity contribution < 1.29 is 4.42 Å². The van der Waals surface area contributed by atoms with Crippen LogP contribution >= 0.6 is 0 Å². The number of hydrogen-bond acceptors (Lipinski definition) is 4. The molecule has 0 aliphatic heterocycles. The Morgan fingerprint density at radius 2 is 2.37 bits per heavy atom. The van der Waals surface area contributed by atoms with Gasteiger partial charge in [0.15, 0.2) is 0 Å². The number of likely N-dealkylation sites (N-methyl/N-ethyl adjacent to an activating group) is 1. The number of hydrazine groups is 1. The van der Waals surface area contributed by atoms with Gasteiger partial charge in [0.25, 0.3) is 0 Å². The Bertz CT molecular complexity index is 377. The molecule has 1 aliphatic carbocycles. The van der Waals surface area contributed by atoms with Gasteiger partial charge in [-0.25, -0.2) is 0 Å². The monoisotopic (exact) mass is 265 g/mol. The summed E-state index contributed by atoms with van der Waals surface area (Å²) in [5, 5.41) is 0. The third kappa shape index (κ3) is 3.02. The first-order valence-corrected chi connectivity index (χ1v) is 7.23. The maximum Gasteiger partial charge on any atom is 0.0935 e. The van der Waals surface area contributed by atoms with E-state index in [1.54, 1.807) is 6.26 Å². The van der Waals surface area contributed by atoms with Crippen LogP contribution in [0.2, 0.25) is 0 Å². The zero-order chi connectivity index (χ0) is 13.9. The Morgan fingerprint density at radius 1 is 1.58 bits per heavy atom. The minimum absolute atomic E-state index is 0.143. The summed E-state index contributed by atoms with van der Waals surface area (Å²) in [6.07, 6.45) is 9.48. The highest BCUT2D eigenvalue weighted by molar-refractivity contribution is 5.12. The van der Waals surface area contributed by atoms with Crippen molar-refractivity contribution in [3.8, 4) is 0 Å². The summed E-state index contributed by atoms with van der Waals surface area (Å²) < 4.78 is 5.18. The molecule has 0 saturated heterocycles. The van der Waals surface area contributed by atoms with E-state index >= 15 is 0 Å². The molecule has 4 heteroatoms. The number of rotatable bonds is 5. The van der Waals surface area contributed by atoms with Gasteiger partial charge in [-0.3, -0.25) is 11.3 Å². The zero-order valence-electron chi connectivity index (χ0n) is 12.4. The van der Waals surface area contributed by atoms with Crippen LogP contribution in [0.4, 0.5) is 0 Å². The van der Waals surface area contributed by atoms with Crippen LogP contribution < -0.4 is 11.3 Å². The molecule has 1 aliphatic rings. The number of nitrogens with two attached hydrogens (primary N) is 1. The normalized spacial score (nSPS) is 29.6. The molecule has 0 radical (unpaired) electrons. The number of nitrogens with one attached hydrogen (secondary N) is 1. The molecule has 3 N–H and O–H groups in total. The van der Waals surface area contributed by atoms with Gasteiger partial charge in [0, 0.05) is 11.6 Å². The average molecular weight is 265 g/mol. The molecule has 1 aromatic heterocycles. The second kappa shape index (κ2) is 6.07. The lowest BCUT2D eigenvalue weighted by molar-refractivity contribution is 0.0373. The Balaban J connectivity index is 2.20. The molecule has 4 nitrogen and oxygen atoms in total. The Morgan fingerprint density at radius 3 is 2.89 bits per heavy atom.